The lowest BCUT2D eigenvalue weighted by Gasteiger charge is -2.15. The van der Waals surface area contributed by atoms with Gasteiger partial charge in [0.05, 0.1) is 17.4 Å². The van der Waals surface area contributed by atoms with E-state index in [0.29, 0.717) is 6.42 Å². The molecule has 0 aliphatic carbocycles. The predicted molar refractivity (Wildman–Crippen MR) is 78.2 cm³/mol. The van der Waals surface area contributed by atoms with Crippen molar-refractivity contribution in [3.8, 4) is 5.75 Å². The molecule has 19 heavy (non-hydrogen) atoms. The number of alkyl halides is 1. The van der Waals surface area contributed by atoms with Gasteiger partial charge in [0.15, 0.2) is 0 Å². The summed E-state index contributed by atoms with van der Waals surface area (Å²) in [5.74, 6) is -0.114. The van der Waals surface area contributed by atoms with Crippen molar-refractivity contribution in [3.63, 3.8) is 0 Å². The fourth-order valence-electron chi connectivity index (χ4n) is 1.62. The van der Waals surface area contributed by atoms with E-state index in [1.54, 1.807) is 12.1 Å². The molecule has 0 amide bonds. The second-order valence-electron chi connectivity index (χ2n) is 4.72. The molecule has 5 nitrogen and oxygen atoms in total. The third-order valence-electron chi connectivity index (χ3n) is 2.29. The molecule has 0 saturated heterocycles. The van der Waals surface area contributed by atoms with Crippen molar-refractivity contribution < 1.29 is 13.5 Å². The number of nitrogens with one attached hydrogen (secondary N) is 2. The van der Waals surface area contributed by atoms with Gasteiger partial charge in [-0.1, -0.05) is 6.07 Å². The predicted octanol–water partition coefficient (Wildman–Crippen LogP) is 1.87. The number of rotatable bonds is 6. The minimum atomic E-state index is -3.42. The summed E-state index contributed by atoms with van der Waals surface area (Å²) in [5.41, 5.74) is 0.737. The van der Waals surface area contributed by atoms with E-state index in [-0.39, 0.29) is 23.0 Å². The fourth-order valence-corrected chi connectivity index (χ4v) is 2.61. The van der Waals surface area contributed by atoms with Crippen LogP contribution < -0.4 is 10.0 Å². The molecule has 1 aromatic carbocycles. The van der Waals surface area contributed by atoms with E-state index in [2.05, 4.69) is 10.0 Å². The van der Waals surface area contributed by atoms with Crippen LogP contribution in [0.15, 0.2) is 18.2 Å². The van der Waals surface area contributed by atoms with Crippen LogP contribution in [0.1, 0.15) is 19.4 Å². The molecule has 1 aromatic rings. The molecule has 1 unspecified atom stereocenters. The average molecular weight is 307 g/mol. The van der Waals surface area contributed by atoms with Crippen LogP contribution in [0.2, 0.25) is 0 Å². The monoisotopic (exact) mass is 306 g/mol. The molecule has 7 heteroatoms. The van der Waals surface area contributed by atoms with Crippen molar-refractivity contribution in [2.75, 3.05) is 11.0 Å². The maximum atomic E-state index is 11.2. The van der Waals surface area contributed by atoms with Crippen LogP contribution >= 0.6 is 11.6 Å². The first-order chi connectivity index (χ1) is 8.67. The van der Waals surface area contributed by atoms with Crippen LogP contribution in [-0.4, -0.2) is 31.3 Å². The summed E-state index contributed by atoms with van der Waals surface area (Å²) < 4.78 is 24.6. The Labute approximate surface area is 119 Å². The Morgan fingerprint density at radius 3 is 2.53 bits per heavy atom. The van der Waals surface area contributed by atoms with Gasteiger partial charge in [0.2, 0.25) is 10.0 Å². The standard InChI is InChI=1S/C12H19ClN2O3S/c1-8(2)14-12(13)7-9-4-5-11(16)10(6-9)15-19(3,17)18/h4-6,8,12,14-16H,7H2,1-3H3. The summed E-state index contributed by atoms with van der Waals surface area (Å²) in [5, 5.41) is 12.7. The molecule has 0 bridgehead atoms. The molecule has 1 rings (SSSR count). The third-order valence-corrected chi connectivity index (χ3v) is 3.16. The SMILES string of the molecule is CC(C)NC(Cl)Cc1ccc(O)c(NS(C)(=O)=O)c1. The van der Waals surface area contributed by atoms with E-state index < -0.39 is 10.0 Å². The summed E-state index contributed by atoms with van der Waals surface area (Å²) in [6.07, 6.45) is 1.56. The lowest BCUT2D eigenvalue weighted by molar-refractivity contribution is 0.477. The van der Waals surface area contributed by atoms with Crippen molar-refractivity contribution in [1.82, 2.24) is 5.32 Å². The van der Waals surface area contributed by atoms with E-state index in [9.17, 15) is 13.5 Å². The van der Waals surface area contributed by atoms with E-state index in [4.69, 9.17) is 11.6 Å². The van der Waals surface area contributed by atoms with Crippen molar-refractivity contribution >= 4 is 27.3 Å². The molecule has 1 atom stereocenters. The van der Waals surface area contributed by atoms with Gasteiger partial charge < -0.3 is 5.11 Å². The lowest BCUT2D eigenvalue weighted by atomic mass is 10.1. The molecule has 108 valence electrons. The maximum Gasteiger partial charge on any atom is 0.229 e. The Morgan fingerprint density at radius 2 is 2.00 bits per heavy atom. The molecular weight excluding hydrogens is 288 g/mol. The summed E-state index contributed by atoms with van der Waals surface area (Å²) in [4.78, 5) is 0. The zero-order chi connectivity index (χ0) is 14.6. The first-order valence-corrected chi connectivity index (χ1v) is 8.20. The number of sulfonamides is 1. The number of hydrogen-bond donors (Lipinski definition) is 3. The normalized spacial score (nSPS) is 13.5. The Balaban J connectivity index is 2.84. The quantitative estimate of drug-likeness (QED) is 0.426. The van der Waals surface area contributed by atoms with Crippen LogP contribution in [0.5, 0.6) is 5.75 Å². The molecule has 0 spiro atoms. The van der Waals surface area contributed by atoms with E-state index in [1.807, 2.05) is 13.8 Å². The molecule has 0 aliphatic heterocycles. The van der Waals surface area contributed by atoms with E-state index >= 15 is 0 Å². The number of benzene rings is 1. The first-order valence-electron chi connectivity index (χ1n) is 5.87. The zero-order valence-corrected chi connectivity index (χ0v) is 12.7. The molecule has 0 saturated carbocycles. The molecule has 0 aliphatic rings. The summed E-state index contributed by atoms with van der Waals surface area (Å²) in [6, 6.07) is 4.99. The number of halogens is 1. The summed E-state index contributed by atoms with van der Waals surface area (Å²) in [6.45, 7) is 3.98. The fraction of sp³-hybridized carbons (Fsp3) is 0.500. The second-order valence-corrected chi connectivity index (χ2v) is 6.99. The number of phenolic OH excluding ortho intramolecular Hbond substituents is 1. The van der Waals surface area contributed by atoms with Crippen molar-refractivity contribution in [1.29, 1.82) is 0 Å². The minimum absolute atomic E-state index is 0.114. The van der Waals surface area contributed by atoms with Gasteiger partial charge in [0, 0.05) is 12.5 Å². The average Bonchev–Trinajstić information content (AvgIpc) is 2.19. The smallest absolute Gasteiger partial charge is 0.229 e. The highest BCUT2D eigenvalue weighted by Gasteiger charge is 2.11. The Hall–Kier alpha value is -0.980. The Kier molecular flexibility index (Phi) is 5.46. The van der Waals surface area contributed by atoms with Crippen LogP contribution in [0.3, 0.4) is 0 Å². The second kappa shape index (κ2) is 6.45. The number of phenols is 1. The highest BCUT2D eigenvalue weighted by molar-refractivity contribution is 7.92. The van der Waals surface area contributed by atoms with Crippen LogP contribution in [0.25, 0.3) is 0 Å². The molecule has 0 aromatic heterocycles. The van der Waals surface area contributed by atoms with Gasteiger partial charge in [-0.3, -0.25) is 10.0 Å². The molecule has 0 heterocycles. The van der Waals surface area contributed by atoms with Gasteiger partial charge in [0.1, 0.15) is 5.75 Å². The molecule has 0 fully saturated rings. The molecular formula is C12H19ClN2O3S. The van der Waals surface area contributed by atoms with Crippen LogP contribution in [-0.2, 0) is 16.4 Å². The molecule has 3 N–H and O–H groups in total. The van der Waals surface area contributed by atoms with Crippen LogP contribution in [0, 0.1) is 0 Å². The number of hydrogen-bond acceptors (Lipinski definition) is 4. The number of aromatic hydroxyl groups is 1. The van der Waals surface area contributed by atoms with Crippen LogP contribution in [0.4, 0.5) is 5.69 Å². The highest BCUT2D eigenvalue weighted by Crippen LogP contribution is 2.25. The Morgan fingerprint density at radius 1 is 1.37 bits per heavy atom. The largest absolute Gasteiger partial charge is 0.506 e. The zero-order valence-electron chi connectivity index (χ0n) is 11.1. The topological polar surface area (TPSA) is 78.4 Å². The van der Waals surface area contributed by atoms with Gasteiger partial charge in [0.25, 0.3) is 0 Å². The van der Waals surface area contributed by atoms with Crippen molar-refractivity contribution in [3.05, 3.63) is 23.8 Å². The van der Waals surface area contributed by atoms with Crippen molar-refractivity contribution in [2.24, 2.45) is 0 Å². The summed E-state index contributed by atoms with van der Waals surface area (Å²) >= 11 is 6.12. The first kappa shape index (κ1) is 16.1. The minimum Gasteiger partial charge on any atom is -0.506 e. The molecule has 0 radical (unpaired) electrons. The van der Waals surface area contributed by atoms with E-state index in [1.165, 1.54) is 6.07 Å². The van der Waals surface area contributed by atoms with Gasteiger partial charge >= 0.3 is 0 Å². The van der Waals surface area contributed by atoms with Gasteiger partial charge in [-0.05, 0) is 31.5 Å². The maximum absolute atomic E-state index is 11.2. The van der Waals surface area contributed by atoms with Gasteiger partial charge in [-0.2, -0.15) is 0 Å². The van der Waals surface area contributed by atoms with Crippen molar-refractivity contribution in [2.45, 2.75) is 31.8 Å². The highest BCUT2D eigenvalue weighted by atomic mass is 35.5. The number of anilines is 1. The van der Waals surface area contributed by atoms with Gasteiger partial charge in [-0.15, -0.1) is 11.6 Å². The Bertz CT molecular complexity index is 532. The van der Waals surface area contributed by atoms with E-state index in [0.717, 1.165) is 11.8 Å². The summed E-state index contributed by atoms with van der Waals surface area (Å²) in [7, 11) is -3.42. The van der Waals surface area contributed by atoms with Gasteiger partial charge in [-0.25, -0.2) is 8.42 Å². The third kappa shape index (κ3) is 6.13. The lowest BCUT2D eigenvalue weighted by Crippen LogP contribution is -2.32.